The molecule has 0 aliphatic carbocycles. The lowest BCUT2D eigenvalue weighted by Crippen LogP contribution is -2.49. The highest BCUT2D eigenvalue weighted by atomic mass is 35.5. The molecule has 0 unspecified atom stereocenters. The first-order valence-corrected chi connectivity index (χ1v) is 9.81. The highest BCUT2D eigenvalue weighted by Gasteiger charge is 2.32. The molecule has 11 heteroatoms. The van der Waals surface area contributed by atoms with Gasteiger partial charge >= 0.3 is 6.18 Å². The molecule has 0 radical (unpaired) electrons. The first kappa shape index (κ1) is 23.0. The van der Waals surface area contributed by atoms with Crippen molar-refractivity contribution in [1.82, 2.24) is 9.88 Å². The van der Waals surface area contributed by atoms with Crippen LogP contribution in [0.5, 0.6) is 11.5 Å². The van der Waals surface area contributed by atoms with Gasteiger partial charge in [0.25, 0.3) is 0 Å². The molecule has 2 heterocycles. The molecule has 3 rings (SSSR count). The van der Waals surface area contributed by atoms with Crippen LogP contribution in [-0.4, -0.2) is 62.7 Å². The number of methoxy groups -OCH3 is 2. The van der Waals surface area contributed by atoms with Crippen LogP contribution in [-0.2, 0) is 11.0 Å². The number of pyridine rings is 1. The Morgan fingerprint density at radius 2 is 1.87 bits per heavy atom. The molecule has 31 heavy (non-hydrogen) atoms. The number of carbonyl (C=O) groups is 1. The Hall–Kier alpha value is -2.72. The minimum atomic E-state index is -4.49. The van der Waals surface area contributed by atoms with Crippen LogP contribution in [0.15, 0.2) is 30.5 Å². The average Bonchev–Trinajstić information content (AvgIpc) is 2.73. The molecule has 1 amide bonds. The van der Waals surface area contributed by atoms with Gasteiger partial charge in [0.05, 0.1) is 37.0 Å². The van der Waals surface area contributed by atoms with E-state index in [2.05, 4.69) is 10.3 Å². The second-order valence-electron chi connectivity index (χ2n) is 6.90. The summed E-state index contributed by atoms with van der Waals surface area (Å²) in [7, 11) is 3.04. The number of halogens is 4. The van der Waals surface area contributed by atoms with E-state index >= 15 is 0 Å². The van der Waals surface area contributed by atoms with Gasteiger partial charge < -0.3 is 19.7 Å². The lowest BCUT2D eigenvalue weighted by atomic mass is 10.2. The molecule has 1 N–H and O–H groups in total. The number of nitrogens with one attached hydrogen (secondary N) is 1. The molecule has 0 atom stereocenters. The molecular weight excluding hydrogens is 437 g/mol. The summed E-state index contributed by atoms with van der Waals surface area (Å²) < 4.78 is 48.8. The highest BCUT2D eigenvalue weighted by molar-refractivity contribution is 6.33. The number of ether oxygens (including phenoxy) is 2. The maximum Gasteiger partial charge on any atom is 0.417 e. The Morgan fingerprint density at radius 3 is 2.45 bits per heavy atom. The number of benzene rings is 1. The molecule has 1 saturated heterocycles. The van der Waals surface area contributed by atoms with E-state index in [1.54, 1.807) is 18.2 Å². The first-order chi connectivity index (χ1) is 14.7. The largest absolute Gasteiger partial charge is 0.497 e. The van der Waals surface area contributed by atoms with Crippen molar-refractivity contribution >= 4 is 29.0 Å². The average molecular weight is 459 g/mol. The topological polar surface area (TPSA) is 66.9 Å². The molecule has 0 spiro atoms. The van der Waals surface area contributed by atoms with Crippen molar-refractivity contribution in [2.75, 3.05) is 57.2 Å². The number of anilines is 2. The summed E-state index contributed by atoms with van der Waals surface area (Å²) in [4.78, 5) is 20.1. The second kappa shape index (κ2) is 9.61. The third kappa shape index (κ3) is 5.71. The third-order valence-corrected chi connectivity index (χ3v) is 5.15. The summed E-state index contributed by atoms with van der Waals surface area (Å²) in [6.07, 6.45) is -3.71. The summed E-state index contributed by atoms with van der Waals surface area (Å²) >= 11 is 6.03. The Kier molecular flexibility index (Phi) is 7.11. The molecule has 0 saturated carbocycles. The normalized spacial score (nSPS) is 15.0. The number of carbonyl (C=O) groups excluding carboxylic acids is 1. The van der Waals surface area contributed by atoms with Gasteiger partial charge in [0.2, 0.25) is 5.91 Å². The minimum Gasteiger partial charge on any atom is -0.497 e. The predicted octanol–water partition coefficient (Wildman–Crippen LogP) is 3.53. The fourth-order valence-electron chi connectivity index (χ4n) is 3.24. The predicted molar refractivity (Wildman–Crippen MR) is 111 cm³/mol. The van der Waals surface area contributed by atoms with E-state index in [0.29, 0.717) is 49.2 Å². The molecule has 2 aromatic rings. The SMILES string of the molecule is COc1ccc(OC)c(NC(=O)CN2CCN(c3ncc(C(F)(F)F)cc3Cl)CC2)c1. The molecule has 1 aromatic heterocycles. The number of nitrogens with zero attached hydrogens (tertiary/aromatic N) is 3. The van der Waals surface area contributed by atoms with Gasteiger partial charge in [-0.15, -0.1) is 0 Å². The molecular formula is C20H22ClF3N4O3. The summed E-state index contributed by atoms with van der Waals surface area (Å²) in [5.41, 5.74) is -0.379. The Morgan fingerprint density at radius 1 is 1.16 bits per heavy atom. The van der Waals surface area contributed by atoms with Crippen LogP contribution < -0.4 is 19.7 Å². The number of hydrogen-bond donors (Lipinski definition) is 1. The standard InChI is InChI=1S/C20H22ClF3N4O3/c1-30-14-3-4-17(31-2)16(10-14)26-18(29)12-27-5-7-28(8-6-27)19-15(21)9-13(11-25-19)20(22,23)24/h3-4,9-11H,5-8,12H2,1-2H3,(H,26,29). The number of alkyl halides is 3. The van der Waals surface area contributed by atoms with Crippen molar-refractivity contribution < 1.29 is 27.4 Å². The molecule has 0 bridgehead atoms. The van der Waals surface area contributed by atoms with E-state index in [9.17, 15) is 18.0 Å². The van der Waals surface area contributed by atoms with Gasteiger partial charge in [-0.1, -0.05) is 11.6 Å². The van der Waals surface area contributed by atoms with E-state index in [0.717, 1.165) is 12.3 Å². The van der Waals surface area contributed by atoms with Gasteiger partial charge in [-0.3, -0.25) is 9.69 Å². The van der Waals surface area contributed by atoms with Crippen LogP contribution in [0.1, 0.15) is 5.56 Å². The van der Waals surface area contributed by atoms with Crippen molar-refractivity contribution in [3.63, 3.8) is 0 Å². The summed E-state index contributed by atoms with van der Waals surface area (Å²) in [5.74, 6) is 1.19. The van der Waals surface area contributed by atoms with Crippen molar-refractivity contribution in [1.29, 1.82) is 0 Å². The molecule has 1 aromatic carbocycles. The van der Waals surface area contributed by atoms with Crippen LogP contribution in [0.4, 0.5) is 24.7 Å². The molecule has 1 aliphatic heterocycles. The molecule has 168 valence electrons. The quantitative estimate of drug-likeness (QED) is 0.714. The summed E-state index contributed by atoms with van der Waals surface area (Å²) in [6.45, 7) is 2.17. The van der Waals surface area contributed by atoms with Gasteiger partial charge in [0, 0.05) is 38.4 Å². The zero-order valence-electron chi connectivity index (χ0n) is 17.0. The maximum absolute atomic E-state index is 12.8. The van der Waals surface area contributed by atoms with Crippen molar-refractivity contribution in [3.8, 4) is 11.5 Å². The van der Waals surface area contributed by atoms with Crippen LogP contribution >= 0.6 is 11.6 Å². The lowest BCUT2D eigenvalue weighted by molar-refractivity contribution is -0.137. The van der Waals surface area contributed by atoms with E-state index < -0.39 is 11.7 Å². The van der Waals surface area contributed by atoms with Crippen LogP contribution in [0.2, 0.25) is 5.02 Å². The Balaban J connectivity index is 1.56. The maximum atomic E-state index is 12.8. The monoisotopic (exact) mass is 458 g/mol. The van der Waals surface area contributed by atoms with Gasteiger partial charge in [-0.25, -0.2) is 4.98 Å². The smallest absolute Gasteiger partial charge is 0.417 e. The van der Waals surface area contributed by atoms with Gasteiger partial charge in [0.1, 0.15) is 17.3 Å². The van der Waals surface area contributed by atoms with E-state index in [1.807, 2.05) is 9.80 Å². The van der Waals surface area contributed by atoms with Crippen molar-refractivity contribution in [2.45, 2.75) is 6.18 Å². The lowest BCUT2D eigenvalue weighted by Gasteiger charge is -2.35. The third-order valence-electron chi connectivity index (χ3n) is 4.87. The van der Waals surface area contributed by atoms with Crippen LogP contribution in [0, 0.1) is 0 Å². The number of amides is 1. The number of rotatable bonds is 6. The van der Waals surface area contributed by atoms with E-state index in [-0.39, 0.29) is 17.5 Å². The number of aromatic nitrogens is 1. The fraction of sp³-hybridized carbons (Fsp3) is 0.400. The summed E-state index contributed by atoms with van der Waals surface area (Å²) in [6, 6.07) is 5.99. The minimum absolute atomic E-state index is 0.0499. The molecule has 7 nitrogen and oxygen atoms in total. The van der Waals surface area contributed by atoms with Crippen LogP contribution in [0.3, 0.4) is 0 Å². The second-order valence-corrected chi connectivity index (χ2v) is 7.31. The van der Waals surface area contributed by atoms with Crippen molar-refractivity contribution in [3.05, 3.63) is 41.0 Å². The zero-order valence-corrected chi connectivity index (χ0v) is 17.8. The van der Waals surface area contributed by atoms with Crippen LogP contribution in [0.25, 0.3) is 0 Å². The highest BCUT2D eigenvalue weighted by Crippen LogP contribution is 2.34. The van der Waals surface area contributed by atoms with Crippen molar-refractivity contribution in [2.24, 2.45) is 0 Å². The van der Waals surface area contributed by atoms with E-state index in [1.165, 1.54) is 14.2 Å². The summed E-state index contributed by atoms with van der Waals surface area (Å²) in [5, 5.41) is 2.77. The van der Waals surface area contributed by atoms with Gasteiger partial charge in [0.15, 0.2) is 0 Å². The fourth-order valence-corrected chi connectivity index (χ4v) is 3.53. The molecule has 1 aliphatic rings. The first-order valence-electron chi connectivity index (χ1n) is 9.43. The van der Waals surface area contributed by atoms with Gasteiger partial charge in [-0.2, -0.15) is 13.2 Å². The number of hydrogen-bond acceptors (Lipinski definition) is 6. The molecule has 1 fully saturated rings. The van der Waals surface area contributed by atoms with E-state index in [4.69, 9.17) is 21.1 Å². The zero-order chi connectivity index (χ0) is 22.6. The van der Waals surface area contributed by atoms with Gasteiger partial charge in [-0.05, 0) is 18.2 Å². The Labute approximate surface area is 182 Å². The number of piperazine rings is 1. The Bertz CT molecular complexity index is 934.